The molecular formula is C20H36O4. The number of carboxylic acids is 1. The summed E-state index contributed by atoms with van der Waals surface area (Å²) in [6, 6.07) is 0. The molecule has 0 aromatic carbocycles. The van der Waals surface area contributed by atoms with Crippen molar-refractivity contribution in [2.24, 2.45) is 11.8 Å². The zero-order valence-electron chi connectivity index (χ0n) is 15.3. The third kappa shape index (κ3) is 8.27. The minimum atomic E-state index is -0.733. The van der Waals surface area contributed by atoms with Crippen LogP contribution in [0.15, 0.2) is 0 Å². The van der Waals surface area contributed by atoms with Crippen LogP contribution >= 0.6 is 0 Å². The summed E-state index contributed by atoms with van der Waals surface area (Å²) in [5.41, 5.74) is 0. The highest BCUT2D eigenvalue weighted by molar-refractivity contribution is 5.83. The predicted molar refractivity (Wildman–Crippen MR) is 95.9 cm³/mol. The number of rotatable bonds is 14. The third-order valence-corrected chi connectivity index (χ3v) is 5.41. The van der Waals surface area contributed by atoms with Gasteiger partial charge in [-0.1, -0.05) is 58.3 Å². The van der Waals surface area contributed by atoms with Crippen molar-refractivity contribution in [3.05, 3.63) is 0 Å². The zero-order chi connectivity index (χ0) is 17.8. The fraction of sp³-hybridized carbons (Fsp3) is 0.900. The average molecular weight is 341 g/mol. The van der Waals surface area contributed by atoms with E-state index in [-0.39, 0.29) is 24.4 Å². The Morgan fingerprint density at radius 1 is 1.08 bits per heavy atom. The van der Waals surface area contributed by atoms with Gasteiger partial charge in [-0.15, -0.1) is 0 Å². The summed E-state index contributed by atoms with van der Waals surface area (Å²) < 4.78 is 0. The number of aliphatic carboxylic acids is 1. The molecule has 1 aliphatic carbocycles. The van der Waals surface area contributed by atoms with Crippen molar-refractivity contribution >= 4 is 11.8 Å². The Morgan fingerprint density at radius 3 is 2.46 bits per heavy atom. The van der Waals surface area contributed by atoms with Crippen LogP contribution in [0.3, 0.4) is 0 Å². The van der Waals surface area contributed by atoms with Gasteiger partial charge < -0.3 is 10.2 Å². The maximum Gasteiger partial charge on any atom is 0.303 e. The van der Waals surface area contributed by atoms with Crippen LogP contribution in [0.2, 0.25) is 0 Å². The molecule has 0 spiro atoms. The molecule has 0 radical (unpaired) electrons. The fourth-order valence-electron chi connectivity index (χ4n) is 3.94. The topological polar surface area (TPSA) is 74.6 Å². The zero-order valence-corrected chi connectivity index (χ0v) is 15.3. The summed E-state index contributed by atoms with van der Waals surface area (Å²) in [5, 5.41) is 19.1. The van der Waals surface area contributed by atoms with Crippen LogP contribution in [0.1, 0.15) is 96.8 Å². The van der Waals surface area contributed by atoms with E-state index >= 15 is 0 Å². The molecule has 0 bridgehead atoms. The van der Waals surface area contributed by atoms with Gasteiger partial charge in [-0.3, -0.25) is 9.59 Å². The summed E-state index contributed by atoms with van der Waals surface area (Å²) in [4.78, 5) is 22.6. The van der Waals surface area contributed by atoms with Gasteiger partial charge in [0.15, 0.2) is 0 Å². The lowest BCUT2D eigenvalue weighted by Crippen LogP contribution is -2.26. The highest BCUT2D eigenvalue weighted by Crippen LogP contribution is 2.36. The van der Waals surface area contributed by atoms with Crippen molar-refractivity contribution in [1.82, 2.24) is 0 Å². The van der Waals surface area contributed by atoms with Gasteiger partial charge in [0.1, 0.15) is 5.78 Å². The maximum absolute atomic E-state index is 12.1. The SMILES string of the molecule is CCCCCCCC(O)[C@@H]1CCC(=O)[C@H]1CCCCCCC(=O)O. The Bertz CT molecular complexity index is 367. The maximum atomic E-state index is 12.1. The third-order valence-electron chi connectivity index (χ3n) is 5.41. The molecule has 4 heteroatoms. The molecule has 0 amide bonds. The Morgan fingerprint density at radius 2 is 1.75 bits per heavy atom. The van der Waals surface area contributed by atoms with Crippen LogP contribution in [-0.4, -0.2) is 28.1 Å². The molecule has 140 valence electrons. The smallest absolute Gasteiger partial charge is 0.303 e. The largest absolute Gasteiger partial charge is 0.481 e. The van der Waals surface area contributed by atoms with Crippen molar-refractivity contribution in [3.8, 4) is 0 Å². The van der Waals surface area contributed by atoms with Crippen LogP contribution in [0, 0.1) is 11.8 Å². The van der Waals surface area contributed by atoms with Gasteiger partial charge in [-0.25, -0.2) is 0 Å². The molecule has 1 unspecified atom stereocenters. The van der Waals surface area contributed by atoms with E-state index in [1.54, 1.807) is 0 Å². The van der Waals surface area contributed by atoms with E-state index < -0.39 is 5.97 Å². The van der Waals surface area contributed by atoms with Crippen molar-refractivity contribution in [3.63, 3.8) is 0 Å². The van der Waals surface area contributed by atoms with Crippen LogP contribution in [0.5, 0.6) is 0 Å². The lowest BCUT2D eigenvalue weighted by atomic mass is 9.84. The highest BCUT2D eigenvalue weighted by Gasteiger charge is 2.37. The number of unbranched alkanes of at least 4 members (excludes halogenated alkanes) is 7. The average Bonchev–Trinajstić information content (AvgIpc) is 2.91. The van der Waals surface area contributed by atoms with E-state index in [9.17, 15) is 14.7 Å². The number of carboxylic acid groups (broad SMARTS) is 1. The van der Waals surface area contributed by atoms with E-state index in [0.29, 0.717) is 12.2 Å². The molecular weight excluding hydrogens is 304 g/mol. The standard InChI is InChI=1S/C20H36O4/c1-2-3-4-5-9-12-18(21)17-14-15-19(22)16(17)11-8-6-7-10-13-20(23)24/h16-18,21H,2-15H2,1H3,(H,23,24)/t16-,17+,18?/m0/s1. The number of hydrogen-bond acceptors (Lipinski definition) is 3. The van der Waals surface area contributed by atoms with E-state index in [4.69, 9.17) is 5.11 Å². The first-order chi connectivity index (χ1) is 11.6. The summed E-state index contributed by atoms with van der Waals surface area (Å²) in [7, 11) is 0. The van der Waals surface area contributed by atoms with Crippen molar-refractivity contribution in [1.29, 1.82) is 0 Å². The normalized spacial score (nSPS) is 22.0. The number of hydrogen-bond donors (Lipinski definition) is 2. The van der Waals surface area contributed by atoms with Crippen molar-refractivity contribution in [2.75, 3.05) is 0 Å². The van der Waals surface area contributed by atoms with Gasteiger partial charge in [0.25, 0.3) is 0 Å². The second-order valence-corrected chi connectivity index (χ2v) is 7.39. The Balaban J connectivity index is 2.23. The molecule has 2 N–H and O–H groups in total. The number of ketones is 1. The van der Waals surface area contributed by atoms with E-state index in [1.807, 2.05) is 0 Å². The van der Waals surface area contributed by atoms with Gasteiger partial charge in [-0.05, 0) is 31.6 Å². The Hall–Kier alpha value is -0.900. The number of Topliss-reactive ketones (excluding diaryl/α,β-unsaturated/α-hetero) is 1. The second kappa shape index (κ2) is 12.5. The minimum absolute atomic E-state index is 0.0371. The first kappa shape index (κ1) is 21.1. The Kier molecular flexibility index (Phi) is 11.0. The van der Waals surface area contributed by atoms with E-state index in [2.05, 4.69) is 6.92 Å². The first-order valence-corrected chi connectivity index (χ1v) is 9.98. The quantitative estimate of drug-likeness (QED) is 0.448. The van der Waals surface area contributed by atoms with Crippen LogP contribution in [0.4, 0.5) is 0 Å². The summed E-state index contributed by atoms with van der Waals surface area (Å²) in [6.07, 6.45) is 12.6. The number of carbonyl (C=O) groups excluding carboxylic acids is 1. The molecule has 3 atom stereocenters. The van der Waals surface area contributed by atoms with Crippen LogP contribution in [-0.2, 0) is 9.59 Å². The summed E-state index contributed by atoms with van der Waals surface area (Å²) in [6.45, 7) is 2.20. The highest BCUT2D eigenvalue weighted by atomic mass is 16.4. The second-order valence-electron chi connectivity index (χ2n) is 7.39. The molecule has 0 aromatic heterocycles. The van der Waals surface area contributed by atoms with Crippen LogP contribution in [0.25, 0.3) is 0 Å². The van der Waals surface area contributed by atoms with E-state index in [0.717, 1.165) is 51.4 Å². The predicted octanol–water partition coefficient (Wildman–Crippen LogP) is 4.73. The molecule has 0 aromatic rings. The minimum Gasteiger partial charge on any atom is -0.481 e. The molecule has 1 rings (SSSR count). The fourth-order valence-corrected chi connectivity index (χ4v) is 3.94. The first-order valence-electron chi connectivity index (χ1n) is 9.98. The molecule has 4 nitrogen and oxygen atoms in total. The Labute approximate surface area is 147 Å². The molecule has 1 saturated carbocycles. The monoisotopic (exact) mass is 340 g/mol. The number of aliphatic hydroxyl groups is 1. The summed E-state index contributed by atoms with van der Waals surface area (Å²) >= 11 is 0. The van der Waals surface area contributed by atoms with Gasteiger partial charge >= 0.3 is 5.97 Å². The molecule has 1 aliphatic rings. The molecule has 1 fully saturated rings. The van der Waals surface area contributed by atoms with Crippen molar-refractivity contribution < 1.29 is 19.8 Å². The van der Waals surface area contributed by atoms with Crippen LogP contribution < -0.4 is 0 Å². The number of aliphatic hydroxyl groups excluding tert-OH is 1. The lowest BCUT2D eigenvalue weighted by molar-refractivity contribution is -0.137. The van der Waals surface area contributed by atoms with Gasteiger partial charge in [0, 0.05) is 18.8 Å². The van der Waals surface area contributed by atoms with Crippen molar-refractivity contribution in [2.45, 2.75) is 103 Å². The molecule has 0 saturated heterocycles. The van der Waals surface area contributed by atoms with Gasteiger partial charge in [0.05, 0.1) is 6.10 Å². The number of carbonyl (C=O) groups is 2. The molecule has 0 heterocycles. The lowest BCUT2D eigenvalue weighted by Gasteiger charge is -2.24. The van der Waals surface area contributed by atoms with E-state index in [1.165, 1.54) is 25.7 Å². The summed E-state index contributed by atoms with van der Waals surface area (Å²) in [5.74, 6) is -0.212. The molecule has 24 heavy (non-hydrogen) atoms. The van der Waals surface area contributed by atoms with Gasteiger partial charge in [-0.2, -0.15) is 0 Å². The molecule has 0 aliphatic heterocycles. The van der Waals surface area contributed by atoms with Gasteiger partial charge in [0.2, 0.25) is 0 Å².